The minimum Gasteiger partial charge on any atom is -0.346 e. The van der Waals surface area contributed by atoms with Crippen molar-refractivity contribution in [2.24, 2.45) is 0 Å². The predicted molar refractivity (Wildman–Crippen MR) is 110 cm³/mol. The van der Waals surface area contributed by atoms with Crippen LogP contribution < -0.4 is 5.56 Å². The van der Waals surface area contributed by atoms with E-state index in [4.69, 9.17) is 0 Å². The second-order valence-electron chi connectivity index (χ2n) is 7.71. The largest absolute Gasteiger partial charge is 0.346 e. The lowest BCUT2D eigenvalue weighted by Crippen LogP contribution is -2.33. The highest BCUT2D eigenvalue weighted by Gasteiger charge is 2.23. The number of nitrogens with zero attached hydrogens (tertiary/aromatic N) is 4. The van der Waals surface area contributed by atoms with Gasteiger partial charge >= 0.3 is 0 Å². The predicted octanol–water partition coefficient (Wildman–Crippen LogP) is 3.26. The van der Waals surface area contributed by atoms with Gasteiger partial charge in [0.1, 0.15) is 11.3 Å². The molecule has 0 saturated carbocycles. The molecule has 1 N–H and O–H groups in total. The van der Waals surface area contributed by atoms with E-state index in [1.54, 1.807) is 10.5 Å². The summed E-state index contributed by atoms with van der Waals surface area (Å²) in [4.78, 5) is 27.2. The van der Waals surface area contributed by atoms with Gasteiger partial charge in [0.05, 0.1) is 5.69 Å². The molecule has 4 aromatic heterocycles. The Kier molecular flexibility index (Phi) is 4.20. The molecule has 1 aliphatic heterocycles. The van der Waals surface area contributed by atoms with E-state index >= 15 is 0 Å². The number of H-pyrrole nitrogens is 1. The topological polar surface area (TPSA) is 66.3 Å². The van der Waals surface area contributed by atoms with Crippen LogP contribution in [0.25, 0.3) is 16.7 Å². The van der Waals surface area contributed by atoms with Crippen LogP contribution in [0.4, 0.5) is 0 Å². The number of hydrogen-bond donors (Lipinski definition) is 1. The highest BCUT2D eigenvalue weighted by Crippen LogP contribution is 2.32. The van der Waals surface area contributed by atoms with Gasteiger partial charge in [-0.3, -0.25) is 14.1 Å². The molecule has 28 heavy (non-hydrogen) atoms. The summed E-state index contributed by atoms with van der Waals surface area (Å²) in [5.41, 5.74) is 4.96. The molecule has 0 aromatic carbocycles. The van der Waals surface area contributed by atoms with Crippen LogP contribution in [0.5, 0.6) is 0 Å². The maximum absolute atomic E-state index is 12.4. The first kappa shape index (κ1) is 17.1. The molecule has 6 heteroatoms. The van der Waals surface area contributed by atoms with Crippen LogP contribution in [-0.2, 0) is 6.54 Å². The van der Waals surface area contributed by atoms with E-state index in [0.29, 0.717) is 11.6 Å². The van der Waals surface area contributed by atoms with E-state index in [-0.39, 0.29) is 5.56 Å². The van der Waals surface area contributed by atoms with E-state index in [1.807, 2.05) is 37.5 Å². The number of aryl methyl sites for hydroxylation is 1. The number of aromatic amines is 1. The van der Waals surface area contributed by atoms with Crippen molar-refractivity contribution < 1.29 is 0 Å². The van der Waals surface area contributed by atoms with Crippen molar-refractivity contribution in [2.75, 3.05) is 13.1 Å². The number of rotatable bonds is 3. The monoisotopic (exact) mass is 373 g/mol. The van der Waals surface area contributed by atoms with Gasteiger partial charge in [0.25, 0.3) is 5.56 Å². The van der Waals surface area contributed by atoms with Crippen LogP contribution in [0.2, 0.25) is 0 Å². The molecule has 0 radical (unpaired) electrons. The zero-order chi connectivity index (χ0) is 19.1. The molecular weight excluding hydrogens is 350 g/mol. The van der Waals surface area contributed by atoms with E-state index in [2.05, 4.69) is 32.1 Å². The molecular formula is C22H23N5O. The summed E-state index contributed by atoms with van der Waals surface area (Å²) in [5, 5.41) is 1.24. The Labute approximate surface area is 162 Å². The van der Waals surface area contributed by atoms with Crippen molar-refractivity contribution in [3.63, 3.8) is 0 Å². The lowest BCUT2D eigenvalue weighted by Gasteiger charge is -2.31. The van der Waals surface area contributed by atoms with Gasteiger partial charge in [0.15, 0.2) is 0 Å². The molecule has 0 unspecified atom stereocenters. The molecule has 1 fully saturated rings. The molecule has 0 spiro atoms. The average molecular weight is 373 g/mol. The minimum absolute atomic E-state index is 0.00937. The van der Waals surface area contributed by atoms with Crippen molar-refractivity contribution in [3.05, 3.63) is 76.1 Å². The fraction of sp³-hybridized carbons (Fsp3) is 0.318. The summed E-state index contributed by atoms with van der Waals surface area (Å²) < 4.78 is 1.62. The van der Waals surface area contributed by atoms with Crippen molar-refractivity contribution in [2.45, 2.75) is 32.2 Å². The Bertz CT molecular complexity index is 1200. The minimum atomic E-state index is -0.00937. The summed E-state index contributed by atoms with van der Waals surface area (Å²) in [5.74, 6) is 0.548. The van der Waals surface area contributed by atoms with Crippen LogP contribution in [0.15, 0.2) is 53.7 Å². The second kappa shape index (κ2) is 6.87. The second-order valence-corrected chi connectivity index (χ2v) is 7.71. The summed E-state index contributed by atoms with van der Waals surface area (Å²) in [6.07, 6.45) is 7.99. The van der Waals surface area contributed by atoms with Gasteiger partial charge < -0.3 is 4.98 Å². The normalized spacial score (nSPS) is 16.2. The molecule has 0 aliphatic carbocycles. The van der Waals surface area contributed by atoms with Crippen LogP contribution in [0.1, 0.15) is 35.6 Å². The summed E-state index contributed by atoms with van der Waals surface area (Å²) in [7, 11) is 0. The molecule has 0 atom stereocenters. The number of nitrogens with one attached hydrogen (secondary N) is 1. The van der Waals surface area contributed by atoms with Crippen LogP contribution in [-0.4, -0.2) is 37.3 Å². The van der Waals surface area contributed by atoms with Crippen LogP contribution >= 0.6 is 0 Å². The molecule has 142 valence electrons. The molecule has 5 heterocycles. The van der Waals surface area contributed by atoms with Gasteiger partial charge in [-0.2, -0.15) is 0 Å². The highest BCUT2D eigenvalue weighted by atomic mass is 16.1. The molecule has 0 bridgehead atoms. The molecule has 1 aliphatic rings. The Balaban J connectivity index is 1.30. The summed E-state index contributed by atoms with van der Waals surface area (Å²) in [6, 6.07) is 9.73. The van der Waals surface area contributed by atoms with Gasteiger partial charge in [-0.15, -0.1) is 0 Å². The zero-order valence-electron chi connectivity index (χ0n) is 15.9. The Hall–Kier alpha value is -2.99. The van der Waals surface area contributed by atoms with Gasteiger partial charge in [0, 0.05) is 36.6 Å². The molecule has 5 rings (SSSR count). The number of fused-ring (bicyclic) bond motifs is 2. The first-order chi connectivity index (χ1) is 13.7. The standard InChI is InChI=1S/C22H23N5O/c1-15-4-5-20-25-17(11-21(28)27(20)13-15)14-26-9-6-16(7-10-26)19-12-24-22-18(19)3-2-8-23-22/h2-5,8,11-13,16H,6-7,9-10,14H2,1H3,(H,23,24). The summed E-state index contributed by atoms with van der Waals surface area (Å²) >= 11 is 0. The highest BCUT2D eigenvalue weighted by molar-refractivity contribution is 5.80. The van der Waals surface area contributed by atoms with Crippen molar-refractivity contribution in [1.29, 1.82) is 0 Å². The van der Waals surface area contributed by atoms with E-state index in [9.17, 15) is 4.79 Å². The maximum Gasteiger partial charge on any atom is 0.258 e. The lowest BCUT2D eigenvalue weighted by atomic mass is 9.89. The third-order valence-electron chi connectivity index (χ3n) is 5.76. The number of likely N-dealkylation sites (tertiary alicyclic amines) is 1. The fourth-order valence-electron chi connectivity index (χ4n) is 4.29. The van der Waals surface area contributed by atoms with E-state index in [0.717, 1.165) is 49.4 Å². The number of hydrogen-bond acceptors (Lipinski definition) is 4. The zero-order valence-corrected chi connectivity index (χ0v) is 15.9. The Morgan fingerprint density at radius 2 is 2.07 bits per heavy atom. The third-order valence-corrected chi connectivity index (χ3v) is 5.76. The fourth-order valence-corrected chi connectivity index (χ4v) is 4.29. The molecule has 4 aromatic rings. The SMILES string of the molecule is Cc1ccc2nc(CN3CCC(c4c[nH]c5ncccc45)CC3)cc(=O)n2c1. The average Bonchev–Trinajstić information content (AvgIpc) is 3.13. The van der Waals surface area contributed by atoms with Gasteiger partial charge in [-0.05, 0) is 68.1 Å². The van der Waals surface area contributed by atoms with Crippen LogP contribution in [0.3, 0.4) is 0 Å². The smallest absolute Gasteiger partial charge is 0.258 e. The van der Waals surface area contributed by atoms with Gasteiger partial charge in [-0.25, -0.2) is 9.97 Å². The Morgan fingerprint density at radius 1 is 1.21 bits per heavy atom. The van der Waals surface area contributed by atoms with Gasteiger partial charge in [-0.1, -0.05) is 6.07 Å². The summed E-state index contributed by atoms with van der Waals surface area (Å²) in [6.45, 7) is 4.72. The number of aromatic nitrogens is 4. The number of piperidine rings is 1. The van der Waals surface area contributed by atoms with Crippen molar-refractivity contribution in [3.8, 4) is 0 Å². The first-order valence-corrected chi connectivity index (χ1v) is 9.81. The molecule has 6 nitrogen and oxygen atoms in total. The Morgan fingerprint density at radius 3 is 2.93 bits per heavy atom. The number of pyridine rings is 2. The van der Waals surface area contributed by atoms with E-state index < -0.39 is 0 Å². The maximum atomic E-state index is 12.4. The first-order valence-electron chi connectivity index (χ1n) is 9.81. The molecule has 0 amide bonds. The van der Waals surface area contributed by atoms with Crippen LogP contribution in [0, 0.1) is 6.92 Å². The third kappa shape index (κ3) is 3.10. The quantitative estimate of drug-likeness (QED) is 0.599. The molecule has 1 saturated heterocycles. The lowest BCUT2D eigenvalue weighted by molar-refractivity contribution is 0.203. The van der Waals surface area contributed by atoms with Crippen molar-refractivity contribution in [1.82, 2.24) is 24.3 Å². The van der Waals surface area contributed by atoms with Gasteiger partial charge in [0.2, 0.25) is 0 Å². The van der Waals surface area contributed by atoms with E-state index in [1.165, 1.54) is 10.9 Å². The van der Waals surface area contributed by atoms with Crippen molar-refractivity contribution >= 4 is 16.7 Å².